The topological polar surface area (TPSA) is 71.8 Å². The molecule has 0 saturated carbocycles. The van der Waals surface area contributed by atoms with Crippen molar-refractivity contribution in [1.29, 1.82) is 0 Å². The highest BCUT2D eigenvalue weighted by Crippen LogP contribution is 2.37. The third kappa shape index (κ3) is 2.67. The van der Waals surface area contributed by atoms with Gasteiger partial charge < -0.3 is 10.7 Å². The Morgan fingerprint density at radius 1 is 1.40 bits per heavy atom. The Bertz CT molecular complexity index is 828. The van der Waals surface area contributed by atoms with Gasteiger partial charge in [0.05, 0.1) is 5.02 Å². The van der Waals surface area contributed by atoms with Crippen LogP contribution in [0.1, 0.15) is 4.88 Å². The number of rotatable bonds is 3. The highest BCUT2D eigenvalue weighted by molar-refractivity contribution is 7.98. The third-order valence-electron chi connectivity index (χ3n) is 2.68. The van der Waals surface area contributed by atoms with Crippen LogP contribution in [0.3, 0.4) is 0 Å². The lowest BCUT2D eigenvalue weighted by atomic mass is 10.2. The number of thioether (sulfide) groups is 1. The Morgan fingerprint density at radius 2 is 2.20 bits per heavy atom. The van der Waals surface area contributed by atoms with Crippen LogP contribution < -0.4 is 11.3 Å². The summed E-state index contributed by atoms with van der Waals surface area (Å²) in [7, 11) is 0. The minimum atomic E-state index is -0.248. The first-order valence-electron chi connectivity index (χ1n) is 5.79. The summed E-state index contributed by atoms with van der Waals surface area (Å²) in [5.41, 5.74) is 5.30. The van der Waals surface area contributed by atoms with Crippen LogP contribution in [-0.4, -0.2) is 9.97 Å². The van der Waals surface area contributed by atoms with Crippen LogP contribution in [0.25, 0.3) is 10.1 Å². The zero-order valence-electron chi connectivity index (χ0n) is 10.2. The maximum absolute atomic E-state index is 11.3. The summed E-state index contributed by atoms with van der Waals surface area (Å²) in [5.74, 6) is 0.864. The van der Waals surface area contributed by atoms with Gasteiger partial charge in [-0.25, -0.2) is 4.98 Å². The van der Waals surface area contributed by atoms with E-state index >= 15 is 0 Å². The van der Waals surface area contributed by atoms with E-state index < -0.39 is 0 Å². The summed E-state index contributed by atoms with van der Waals surface area (Å²) in [6.07, 6.45) is 0. The molecule has 20 heavy (non-hydrogen) atoms. The second-order valence-electron chi connectivity index (χ2n) is 4.10. The predicted molar refractivity (Wildman–Crippen MR) is 85.7 cm³/mol. The highest BCUT2D eigenvalue weighted by Gasteiger charge is 2.10. The van der Waals surface area contributed by atoms with Crippen LogP contribution in [0.2, 0.25) is 5.02 Å². The van der Waals surface area contributed by atoms with Crippen molar-refractivity contribution < 1.29 is 0 Å². The Balaban J connectivity index is 1.86. The first-order valence-corrected chi connectivity index (χ1v) is 7.97. The number of aromatic nitrogens is 2. The maximum atomic E-state index is 11.3. The normalized spacial score (nSPS) is 11.1. The van der Waals surface area contributed by atoms with E-state index in [0.29, 0.717) is 10.9 Å². The number of anilines is 1. The van der Waals surface area contributed by atoms with E-state index in [9.17, 15) is 4.79 Å². The fraction of sp³-hybridized carbons (Fsp3) is 0.0769. The molecule has 3 N–H and O–H groups in total. The van der Waals surface area contributed by atoms with Gasteiger partial charge in [-0.1, -0.05) is 41.6 Å². The lowest BCUT2D eigenvalue weighted by molar-refractivity contribution is 0.945. The maximum Gasteiger partial charge on any atom is 0.253 e. The molecule has 0 aliphatic carbocycles. The molecule has 0 aliphatic heterocycles. The average molecular weight is 324 g/mol. The zero-order chi connectivity index (χ0) is 14.1. The van der Waals surface area contributed by atoms with Gasteiger partial charge in [0, 0.05) is 26.8 Å². The van der Waals surface area contributed by atoms with Gasteiger partial charge in [0.2, 0.25) is 0 Å². The number of benzene rings is 1. The van der Waals surface area contributed by atoms with E-state index in [0.717, 1.165) is 20.0 Å². The van der Waals surface area contributed by atoms with E-state index in [-0.39, 0.29) is 11.4 Å². The SMILES string of the molecule is Nc1cc(=O)[nH]c(SCc2sc3ccccc3c2Cl)n1. The largest absolute Gasteiger partial charge is 0.383 e. The van der Waals surface area contributed by atoms with Crippen molar-refractivity contribution in [2.24, 2.45) is 0 Å². The number of H-pyrrole nitrogens is 1. The number of aromatic amines is 1. The molecule has 1 aromatic carbocycles. The number of thiophene rings is 1. The van der Waals surface area contributed by atoms with E-state index in [1.54, 1.807) is 11.3 Å². The van der Waals surface area contributed by atoms with Crippen molar-refractivity contribution in [3.8, 4) is 0 Å². The molecule has 0 saturated heterocycles. The molecule has 0 amide bonds. The van der Waals surface area contributed by atoms with E-state index in [1.807, 2.05) is 24.3 Å². The summed E-state index contributed by atoms with van der Waals surface area (Å²) in [5, 5.41) is 2.33. The Kier molecular flexibility index (Phi) is 3.69. The van der Waals surface area contributed by atoms with Crippen molar-refractivity contribution in [2.45, 2.75) is 10.9 Å². The molecule has 7 heteroatoms. The lowest BCUT2D eigenvalue weighted by Gasteiger charge is -2.00. The van der Waals surface area contributed by atoms with Crippen LogP contribution >= 0.6 is 34.7 Å². The molecule has 0 aliphatic rings. The number of fused-ring (bicyclic) bond motifs is 1. The standard InChI is InChI=1S/C13H10ClN3OS2/c14-12-7-3-1-2-4-8(7)20-9(12)6-19-13-16-10(15)5-11(18)17-13/h1-5H,6H2,(H3,15,16,17,18). The summed E-state index contributed by atoms with van der Waals surface area (Å²) in [4.78, 5) is 19.1. The van der Waals surface area contributed by atoms with Crippen LogP contribution in [0, 0.1) is 0 Å². The van der Waals surface area contributed by atoms with Crippen LogP contribution in [-0.2, 0) is 5.75 Å². The van der Waals surface area contributed by atoms with Gasteiger partial charge in [0.1, 0.15) is 5.82 Å². The van der Waals surface area contributed by atoms with Crippen molar-refractivity contribution in [3.05, 3.63) is 50.6 Å². The monoisotopic (exact) mass is 323 g/mol. The first kappa shape index (κ1) is 13.5. The smallest absolute Gasteiger partial charge is 0.253 e. The molecule has 0 spiro atoms. The number of hydrogen-bond donors (Lipinski definition) is 2. The number of nitrogens with two attached hydrogens (primary N) is 1. The minimum Gasteiger partial charge on any atom is -0.383 e. The molecule has 0 unspecified atom stereocenters. The molecule has 4 nitrogen and oxygen atoms in total. The predicted octanol–water partition coefficient (Wildman–Crippen LogP) is 3.51. The second kappa shape index (κ2) is 5.47. The minimum absolute atomic E-state index is 0.221. The van der Waals surface area contributed by atoms with Gasteiger partial charge in [-0.2, -0.15) is 0 Å². The molecule has 0 radical (unpaired) electrons. The summed E-state index contributed by atoms with van der Waals surface area (Å²) in [6, 6.07) is 9.26. The molecular weight excluding hydrogens is 314 g/mol. The molecular formula is C13H10ClN3OS2. The molecule has 2 heterocycles. The zero-order valence-corrected chi connectivity index (χ0v) is 12.6. The molecule has 2 aromatic heterocycles. The van der Waals surface area contributed by atoms with Gasteiger partial charge in [0.15, 0.2) is 5.16 Å². The Labute approximate surface area is 128 Å². The van der Waals surface area contributed by atoms with Gasteiger partial charge in [-0.05, 0) is 6.07 Å². The molecule has 102 valence electrons. The Hall–Kier alpha value is -1.50. The molecule has 3 rings (SSSR count). The van der Waals surface area contributed by atoms with E-state index in [4.69, 9.17) is 17.3 Å². The molecule has 0 atom stereocenters. The van der Waals surface area contributed by atoms with Gasteiger partial charge in [-0.3, -0.25) is 4.79 Å². The number of halogens is 1. The summed E-state index contributed by atoms with van der Waals surface area (Å²) < 4.78 is 1.15. The number of nitrogens with zero attached hydrogens (tertiary/aromatic N) is 1. The van der Waals surface area contributed by atoms with E-state index in [1.165, 1.54) is 17.8 Å². The summed E-state index contributed by atoms with van der Waals surface area (Å²) in [6.45, 7) is 0. The highest BCUT2D eigenvalue weighted by atomic mass is 35.5. The van der Waals surface area contributed by atoms with Gasteiger partial charge >= 0.3 is 0 Å². The van der Waals surface area contributed by atoms with Crippen LogP contribution in [0.15, 0.2) is 40.3 Å². The molecule has 0 fully saturated rings. The van der Waals surface area contributed by atoms with Crippen LogP contribution in [0.5, 0.6) is 0 Å². The van der Waals surface area contributed by atoms with E-state index in [2.05, 4.69) is 9.97 Å². The third-order valence-corrected chi connectivity index (χ3v) is 5.48. The number of nitrogens with one attached hydrogen (secondary N) is 1. The second-order valence-corrected chi connectivity index (χ2v) is 6.58. The first-order chi connectivity index (χ1) is 9.63. The lowest BCUT2D eigenvalue weighted by Crippen LogP contribution is -2.09. The fourth-order valence-corrected chi connectivity index (χ4v) is 4.35. The van der Waals surface area contributed by atoms with Crippen molar-refractivity contribution in [3.63, 3.8) is 0 Å². The van der Waals surface area contributed by atoms with Crippen molar-refractivity contribution in [2.75, 3.05) is 5.73 Å². The van der Waals surface area contributed by atoms with Crippen molar-refractivity contribution >= 4 is 50.6 Å². The van der Waals surface area contributed by atoms with Crippen LogP contribution in [0.4, 0.5) is 5.82 Å². The van der Waals surface area contributed by atoms with Gasteiger partial charge in [0.25, 0.3) is 5.56 Å². The Morgan fingerprint density at radius 3 is 2.95 bits per heavy atom. The number of nitrogen functional groups attached to an aromatic ring is 1. The quantitative estimate of drug-likeness (QED) is 0.571. The van der Waals surface area contributed by atoms with Gasteiger partial charge in [-0.15, -0.1) is 11.3 Å². The van der Waals surface area contributed by atoms with Crippen molar-refractivity contribution in [1.82, 2.24) is 9.97 Å². The summed E-state index contributed by atoms with van der Waals surface area (Å²) >= 11 is 9.42. The molecule has 3 aromatic rings. The fourth-order valence-electron chi connectivity index (χ4n) is 1.81. The average Bonchev–Trinajstić information content (AvgIpc) is 2.73. The molecule has 0 bridgehead atoms. The number of hydrogen-bond acceptors (Lipinski definition) is 5.